The summed E-state index contributed by atoms with van der Waals surface area (Å²) in [7, 11) is 1.92. The summed E-state index contributed by atoms with van der Waals surface area (Å²) in [5, 5.41) is 3.62. The van der Waals surface area contributed by atoms with Gasteiger partial charge in [0.15, 0.2) is 5.96 Å². The molecule has 3 rings (SSSR count). The molecule has 1 atom stereocenters. The first-order valence-corrected chi connectivity index (χ1v) is 8.35. The minimum Gasteiger partial charge on any atom is -0.381 e. The van der Waals surface area contributed by atoms with E-state index in [2.05, 4.69) is 15.2 Å². The Morgan fingerprint density at radius 1 is 1.29 bits per heavy atom. The number of aliphatic imine (C=N–C) groups is 1. The fourth-order valence-electron chi connectivity index (χ4n) is 4.05. The van der Waals surface area contributed by atoms with Crippen molar-refractivity contribution in [2.45, 2.75) is 44.9 Å². The lowest BCUT2D eigenvalue weighted by Gasteiger charge is -2.27. The van der Waals surface area contributed by atoms with Crippen molar-refractivity contribution in [3.8, 4) is 0 Å². The van der Waals surface area contributed by atoms with E-state index in [1.165, 1.54) is 44.9 Å². The molecule has 0 radical (unpaired) electrons. The van der Waals surface area contributed by atoms with Gasteiger partial charge >= 0.3 is 0 Å². The summed E-state index contributed by atoms with van der Waals surface area (Å²) in [6.45, 7) is 5.25. The molecule has 1 aliphatic carbocycles. The molecule has 1 spiro atoms. The van der Waals surface area contributed by atoms with Crippen LogP contribution in [0.5, 0.6) is 0 Å². The smallest absolute Gasteiger partial charge is 0.193 e. The number of nitrogens with one attached hydrogen (secondary N) is 1. The van der Waals surface area contributed by atoms with Crippen molar-refractivity contribution in [3.63, 3.8) is 0 Å². The van der Waals surface area contributed by atoms with Gasteiger partial charge in [0, 0.05) is 38.7 Å². The van der Waals surface area contributed by atoms with Crippen LogP contribution in [0.1, 0.15) is 44.9 Å². The van der Waals surface area contributed by atoms with E-state index >= 15 is 0 Å². The zero-order valence-electron chi connectivity index (χ0n) is 13.3. The minimum absolute atomic E-state index is 0. The Kier molecular flexibility index (Phi) is 6.59. The molecule has 4 nitrogen and oxygen atoms in total. The second-order valence-electron chi connectivity index (χ2n) is 6.91. The molecule has 0 aromatic carbocycles. The maximum atomic E-state index is 5.61. The molecule has 2 aliphatic heterocycles. The summed E-state index contributed by atoms with van der Waals surface area (Å²) >= 11 is 0. The van der Waals surface area contributed by atoms with Gasteiger partial charge in [0.1, 0.15) is 0 Å². The zero-order valence-corrected chi connectivity index (χ0v) is 15.6. The normalized spacial score (nSPS) is 30.7. The largest absolute Gasteiger partial charge is 0.381 e. The average Bonchev–Trinajstić information content (AvgIpc) is 3.12. The van der Waals surface area contributed by atoms with Gasteiger partial charge in [-0.25, -0.2) is 0 Å². The van der Waals surface area contributed by atoms with E-state index in [1.54, 1.807) is 0 Å². The molecule has 0 aromatic rings. The maximum absolute atomic E-state index is 5.61. The molecule has 3 aliphatic rings. The van der Waals surface area contributed by atoms with E-state index in [4.69, 9.17) is 4.74 Å². The number of nitrogens with zero attached hydrogens (tertiary/aromatic N) is 2. The number of hydrogen-bond donors (Lipinski definition) is 1. The number of halogens is 1. The molecule has 0 amide bonds. The van der Waals surface area contributed by atoms with Gasteiger partial charge in [-0.15, -0.1) is 24.0 Å². The number of likely N-dealkylation sites (tertiary alicyclic amines) is 1. The van der Waals surface area contributed by atoms with E-state index in [9.17, 15) is 0 Å². The van der Waals surface area contributed by atoms with Crippen LogP contribution < -0.4 is 5.32 Å². The van der Waals surface area contributed by atoms with Crippen LogP contribution >= 0.6 is 24.0 Å². The highest BCUT2D eigenvalue weighted by atomic mass is 127. The topological polar surface area (TPSA) is 36.9 Å². The fraction of sp³-hybridized carbons (Fsp3) is 0.938. The van der Waals surface area contributed by atoms with Crippen molar-refractivity contribution in [3.05, 3.63) is 0 Å². The van der Waals surface area contributed by atoms with Crippen LogP contribution in [-0.4, -0.2) is 50.8 Å². The lowest BCUT2D eigenvalue weighted by molar-refractivity contribution is 0.156. The molecule has 5 heteroatoms. The number of hydrogen-bond acceptors (Lipinski definition) is 2. The molecule has 0 aromatic heterocycles. The highest BCUT2D eigenvalue weighted by Gasteiger charge is 2.42. The highest BCUT2D eigenvalue weighted by Crippen LogP contribution is 2.38. The van der Waals surface area contributed by atoms with Gasteiger partial charge in [-0.1, -0.05) is 19.3 Å². The van der Waals surface area contributed by atoms with Crippen LogP contribution in [-0.2, 0) is 4.74 Å². The standard InChI is InChI=1S/C16H29N3O.HI/c1-17-15(18-11-14-5-3-2-4-6-14)19-9-7-16(12-19)8-10-20-13-16;/h14H,2-13H2,1H3,(H,17,18);1H. The van der Waals surface area contributed by atoms with Gasteiger partial charge in [0.25, 0.3) is 0 Å². The minimum atomic E-state index is 0. The van der Waals surface area contributed by atoms with Crippen LogP contribution in [0.2, 0.25) is 0 Å². The molecule has 2 heterocycles. The molecule has 2 saturated heterocycles. The average molecular weight is 407 g/mol. The van der Waals surface area contributed by atoms with Gasteiger partial charge in [0.05, 0.1) is 6.61 Å². The monoisotopic (exact) mass is 407 g/mol. The lowest BCUT2D eigenvalue weighted by atomic mass is 9.87. The predicted octanol–water partition coefficient (Wildman–Crippen LogP) is 2.87. The summed E-state index contributed by atoms with van der Waals surface area (Å²) in [6, 6.07) is 0. The second-order valence-corrected chi connectivity index (χ2v) is 6.91. The molecule has 3 fully saturated rings. The van der Waals surface area contributed by atoms with Crippen molar-refractivity contribution < 1.29 is 4.74 Å². The number of rotatable bonds is 2. The van der Waals surface area contributed by atoms with Gasteiger partial charge in [-0.05, 0) is 31.6 Å². The Morgan fingerprint density at radius 3 is 2.76 bits per heavy atom. The van der Waals surface area contributed by atoms with Gasteiger partial charge in [-0.3, -0.25) is 4.99 Å². The fourth-order valence-corrected chi connectivity index (χ4v) is 4.05. The number of ether oxygens (including phenoxy) is 1. The van der Waals surface area contributed by atoms with Gasteiger partial charge in [0.2, 0.25) is 0 Å². The van der Waals surface area contributed by atoms with Crippen molar-refractivity contribution >= 4 is 29.9 Å². The molecule has 21 heavy (non-hydrogen) atoms. The summed E-state index contributed by atoms with van der Waals surface area (Å²) in [5.41, 5.74) is 0.419. The highest BCUT2D eigenvalue weighted by molar-refractivity contribution is 14.0. The van der Waals surface area contributed by atoms with Crippen LogP contribution in [0.15, 0.2) is 4.99 Å². The molecule has 122 valence electrons. The molecule has 1 N–H and O–H groups in total. The van der Waals surface area contributed by atoms with E-state index in [-0.39, 0.29) is 24.0 Å². The third-order valence-corrected chi connectivity index (χ3v) is 5.41. The molecular weight excluding hydrogens is 377 g/mol. The summed E-state index contributed by atoms with van der Waals surface area (Å²) < 4.78 is 5.61. The van der Waals surface area contributed by atoms with Crippen LogP contribution in [0.3, 0.4) is 0 Å². The summed E-state index contributed by atoms with van der Waals surface area (Å²) in [5.74, 6) is 1.96. The molecular formula is C16H30IN3O. The van der Waals surface area contributed by atoms with Gasteiger partial charge < -0.3 is 15.0 Å². The Balaban J connectivity index is 0.00000161. The van der Waals surface area contributed by atoms with Crippen molar-refractivity contribution in [1.29, 1.82) is 0 Å². The lowest BCUT2D eigenvalue weighted by Crippen LogP contribution is -2.43. The first kappa shape index (κ1) is 17.3. The second kappa shape index (κ2) is 7.99. The third-order valence-electron chi connectivity index (χ3n) is 5.41. The summed E-state index contributed by atoms with van der Waals surface area (Å²) in [6.07, 6.45) is 9.52. The van der Waals surface area contributed by atoms with E-state index in [0.717, 1.165) is 44.7 Å². The van der Waals surface area contributed by atoms with Crippen LogP contribution in [0, 0.1) is 11.3 Å². The van der Waals surface area contributed by atoms with Crippen LogP contribution in [0.4, 0.5) is 0 Å². The Hall–Kier alpha value is -0.0400. The van der Waals surface area contributed by atoms with Crippen LogP contribution in [0.25, 0.3) is 0 Å². The third kappa shape index (κ3) is 4.24. The maximum Gasteiger partial charge on any atom is 0.193 e. The Labute approximate surface area is 146 Å². The van der Waals surface area contributed by atoms with Crippen molar-refractivity contribution in [2.24, 2.45) is 16.3 Å². The van der Waals surface area contributed by atoms with Crippen molar-refractivity contribution in [2.75, 3.05) is 39.9 Å². The Morgan fingerprint density at radius 2 is 2.10 bits per heavy atom. The predicted molar refractivity (Wildman–Crippen MR) is 97.4 cm³/mol. The van der Waals surface area contributed by atoms with E-state index < -0.39 is 0 Å². The number of guanidine groups is 1. The molecule has 0 bridgehead atoms. The summed E-state index contributed by atoms with van der Waals surface area (Å²) in [4.78, 5) is 6.94. The van der Waals surface area contributed by atoms with Crippen molar-refractivity contribution in [1.82, 2.24) is 10.2 Å². The van der Waals surface area contributed by atoms with E-state index in [0.29, 0.717) is 5.41 Å². The van der Waals surface area contributed by atoms with Gasteiger partial charge in [-0.2, -0.15) is 0 Å². The quantitative estimate of drug-likeness (QED) is 0.435. The first-order chi connectivity index (χ1) is 9.81. The molecule has 1 saturated carbocycles. The zero-order chi connectivity index (χ0) is 13.8. The van der Waals surface area contributed by atoms with E-state index in [1.807, 2.05) is 7.05 Å². The first-order valence-electron chi connectivity index (χ1n) is 8.35. The Bertz CT molecular complexity index is 349. The molecule has 1 unspecified atom stereocenters. The SMILES string of the molecule is CN=C(NCC1CCCCC1)N1CCC2(CCOC2)C1.I.